The Labute approximate surface area is 92.1 Å². The lowest BCUT2D eigenvalue weighted by atomic mass is 9.74. The highest BCUT2D eigenvalue weighted by atomic mass is 15.1. The van der Waals surface area contributed by atoms with Gasteiger partial charge in [-0.15, -0.1) is 0 Å². The minimum Gasteiger partial charge on any atom is -0.327 e. The zero-order chi connectivity index (χ0) is 10.8. The molecule has 1 aliphatic rings. The topological polar surface area (TPSA) is 29.3 Å². The highest BCUT2D eigenvalue weighted by Gasteiger charge is 2.26. The molecular weight excluding hydrogens is 184 g/mol. The number of rotatable bonds is 4. The molecule has 82 valence electrons. The molecule has 2 unspecified atom stereocenters. The highest BCUT2D eigenvalue weighted by Crippen LogP contribution is 2.37. The molecule has 0 bridgehead atoms. The van der Waals surface area contributed by atoms with Gasteiger partial charge in [-0.25, -0.2) is 0 Å². The molecule has 2 nitrogen and oxygen atoms in total. The largest absolute Gasteiger partial charge is 0.327 e. The molecule has 1 aromatic carbocycles. The van der Waals surface area contributed by atoms with Crippen molar-refractivity contribution in [2.45, 2.75) is 24.8 Å². The van der Waals surface area contributed by atoms with E-state index >= 15 is 0 Å². The molecule has 0 amide bonds. The van der Waals surface area contributed by atoms with Crippen molar-refractivity contribution in [1.29, 1.82) is 0 Å². The average Bonchev–Trinajstić information content (AvgIpc) is 2.13. The first-order chi connectivity index (χ1) is 7.16. The van der Waals surface area contributed by atoms with Crippen molar-refractivity contribution in [1.82, 2.24) is 4.90 Å². The van der Waals surface area contributed by atoms with E-state index in [2.05, 4.69) is 43.3 Å². The summed E-state index contributed by atoms with van der Waals surface area (Å²) in [6.07, 6.45) is 2.34. The van der Waals surface area contributed by atoms with E-state index in [4.69, 9.17) is 5.73 Å². The van der Waals surface area contributed by atoms with Crippen molar-refractivity contribution in [2.24, 2.45) is 5.73 Å². The molecule has 0 aromatic heterocycles. The van der Waals surface area contributed by atoms with Crippen LogP contribution in [-0.4, -0.2) is 31.6 Å². The van der Waals surface area contributed by atoms with Crippen LogP contribution in [0, 0.1) is 0 Å². The first-order valence-electron chi connectivity index (χ1n) is 5.65. The van der Waals surface area contributed by atoms with E-state index < -0.39 is 0 Å². The van der Waals surface area contributed by atoms with E-state index in [9.17, 15) is 0 Å². The summed E-state index contributed by atoms with van der Waals surface area (Å²) in [5.74, 6) is 0.705. The summed E-state index contributed by atoms with van der Waals surface area (Å²) >= 11 is 0. The Morgan fingerprint density at radius 3 is 2.80 bits per heavy atom. The average molecular weight is 204 g/mol. The molecule has 1 aliphatic carbocycles. The first kappa shape index (κ1) is 10.7. The van der Waals surface area contributed by atoms with Gasteiger partial charge in [0, 0.05) is 12.6 Å². The molecule has 1 aromatic rings. The number of hydrogen-bond donors (Lipinski definition) is 1. The van der Waals surface area contributed by atoms with Gasteiger partial charge in [0.15, 0.2) is 0 Å². The minimum atomic E-state index is 0.304. The van der Waals surface area contributed by atoms with Crippen molar-refractivity contribution in [3.8, 4) is 0 Å². The fourth-order valence-corrected chi connectivity index (χ4v) is 2.48. The fourth-order valence-electron chi connectivity index (χ4n) is 2.48. The SMILES string of the molecule is CN(C)CC(N)CC1Cc2ccccc21. The van der Waals surface area contributed by atoms with E-state index in [1.54, 1.807) is 0 Å². The number of hydrogen-bond acceptors (Lipinski definition) is 2. The summed E-state index contributed by atoms with van der Waals surface area (Å²) in [7, 11) is 4.16. The van der Waals surface area contributed by atoms with Crippen molar-refractivity contribution in [2.75, 3.05) is 20.6 Å². The maximum atomic E-state index is 6.10. The van der Waals surface area contributed by atoms with Crippen LogP contribution in [0.3, 0.4) is 0 Å². The van der Waals surface area contributed by atoms with Gasteiger partial charge in [0.2, 0.25) is 0 Å². The number of nitrogens with two attached hydrogens (primary N) is 1. The normalized spacial score (nSPS) is 20.9. The third-order valence-electron chi connectivity index (χ3n) is 3.15. The van der Waals surface area contributed by atoms with Gasteiger partial charge >= 0.3 is 0 Å². The zero-order valence-corrected chi connectivity index (χ0v) is 9.61. The van der Waals surface area contributed by atoms with Crippen molar-refractivity contribution >= 4 is 0 Å². The van der Waals surface area contributed by atoms with Crippen molar-refractivity contribution in [3.05, 3.63) is 35.4 Å². The summed E-state index contributed by atoms with van der Waals surface area (Å²) in [5, 5.41) is 0. The smallest absolute Gasteiger partial charge is 0.0173 e. The summed E-state index contributed by atoms with van der Waals surface area (Å²) < 4.78 is 0. The molecule has 15 heavy (non-hydrogen) atoms. The standard InChI is InChI=1S/C13H20N2/c1-15(2)9-12(14)8-11-7-10-5-3-4-6-13(10)11/h3-6,11-12H,7-9,14H2,1-2H3. The second kappa shape index (κ2) is 4.33. The first-order valence-corrected chi connectivity index (χ1v) is 5.65. The Hall–Kier alpha value is -0.860. The van der Waals surface area contributed by atoms with E-state index in [1.807, 2.05) is 0 Å². The quantitative estimate of drug-likeness (QED) is 0.807. The Morgan fingerprint density at radius 2 is 2.13 bits per heavy atom. The second-order valence-corrected chi connectivity index (χ2v) is 4.86. The second-order valence-electron chi connectivity index (χ2n) is 4.86. The summed E-state index contributed by atoms with van der Waals surface area (Å²) in [6.45, 7) is 0.985. The molecule has 0 spiro atoms. The lowest BCUT2D eigenvalue weighted by molar-refractivity contribution is 0.345. The number of nitrogens with zero attached hydrogens (tertiary/aromatic N) is 1. The van der Waals surface area contributed by atoms with E-state index in [1.165, 1.54) is 17.5 Å². The van der Waals surface area contributed by atoms with Crippen LogP contribution in [0.1, 0.15) is 23.5 Å². The van der Waals surface area contributed by atoms with Gasteiger partial charge in [0.1, 0.15) is 0 Å². The Bertz CT molecular complexity index is 333. The minimum absolute atomic E-state index is 0.304. The van der Waals surface area contributed by atoms with Crippen LogP contribution in [-0.2, 0) is 6.42 Å². The van der Waals surface area contributed by atoms with Crippen molar-refractivity contribution < 1.29 is 0 Å². The zero-order valence-electron chi connectivity index (χ0n) is 9.61. The van der Waals surface area contributed by atoms with Crippen LogP contribution in [0.4, 0.5) is 0 Å². The molecular formula is C13H20N2. The van der Waals surface area contributed by atoms with Gasteiger partial charge in [-0.2, -0.15) is 0 Å². The molecule has 2 atom stereocenters. The van der Waals surface area contributed by atoms with Crippen LogP contribution in [0.15, 0.2) is 24.3 Å². The summed E-state index contributed by atoms with van der Waals surface area (Å²) in [4.78, 5) is 2.16. The molecule has 0 aliphatic heterocycles. The lowest BCUT2D eigenvalue weighted by Crippen LogP contribution is -2.36. The maximum absolute atomic E-state index is 6.10. The Morgan fingerprint density at radius 1 is 1.40 bits per heavy atom. The van der Waals surface area contributed by atoms with Crippen LogP contribution >= 0.6 is 0 Å². The molecule has 0 saturated heterocycles. The molecule has 2 N–H and O–H groups in total. The van der Waals surface area contributed by atoms with E-state index in [0.717, 1.165) is 13.0 Å². The summed E-state index contributed by atoms with van der Waals surface area (Å²) in [6, 6.07) is 9.02. The van der Waals surface area contributed by atoms with Crippen LogP contribution in [0.5, 0.6) is 0 Å². The van der Waals surface area contributed by atoms with Gasteiger partial charge in [0.05, 0.1) is 0 Å². The molecule has 2 heteroatoms. The van der Waals surface area contributed by atoms with Gasteiger partial charge in [0.25, 0.3) is 0 Å². The molecule has 0 heterocycles. The Kier molecular flexibility index (Phi) is 3.08. The van der Waals surface area contributed by atoms with Gasteiger partial charge < -0.3 is 10.6 Å². The predicted octanol–water partition coefficient (Wildman–Crippen LogP) is 1.61. The number of benzene rings is 1. The predicted molar refractivity (Wildman–Crippen MR) is 64.0 cm³/mol. The third-order valence-corrected chi connectivity index (χ3v) is 3.15. The summed E-state index contributed by atoms with van der Waals surface area (Å²) in [5.41, 5.74) is 9.13. The van der Waals surface area contributed by atoms with Crippen molar-refractivity contribution in [3.63, 3.8) is 0 Å². The van der Waals surface area contributed by atoms with Gasteiger partial charge in [-0.1, -0.05) is 24.3 Å². The van der Waals surface area contributed by atoms with Gasteiger partial charge in [-0.3, -0.25) is 0 Å². The molecule has 0 radical (unpaired) electrons. The molecule has 2 rings (SSSR count). The fraction of sp³-hybridized carbons (Fsp3) is 0.538. The van der Waals surface area contributed by atoms with E-state index in [0.29, 0.717) is 12.0 Å². The monoisotopic (exact) mass is 204 g/mol. The van der Waals surface area contributed by atoms with Gasteiger partial charge in [-0.05, 0) is 44.0 Å². The number of fused-ring (bicyclic) bond motifs is 1. The van der Waals surface area contributed by atoms with E-state index in [-0.39, 0.29) is 0 Å². The highest BCUT2D eigenvalue weighted by molar-refractivity contribution is 5.39. The maximum Gasteiger partial charge on any atom is 0.0173 e. The lowest BCUT2D eigenvalue weighted by Gasteiger charge is -2.32. The number of likely N-dealkylation sites (N-methyl/N-ethyl adjacent to an activating group) is 1. The third kappa shape index (κ3) is 2.39. The molecule has 0 saturated carbocycles. The van der Waals surface area contributed by atoms with Crippen LogP contribution < -0.4 is 5.73 Å². The molecule has 0 fully saturated rings. The van der Waals surface area contributed by atoms with Crippen LogP contribution in [0.25, 0.3) is 0 Å². The Balaban J connectivity index is 1.89. The van der Waals surface area contributed by atoms with Crippen LogP contribution in [0.2, 0.25) is 0 Å².